The van der Waals surface area contributed by atoms with Crippen molar-refractivity contribution in [2.24, 2.45) is 5.92 Å². The monoisotopic (exact) mass is 404 g/mol. The first-order valence-corrected chi connectivity index (χ1v) is 10.3. The minimum atomic E-state index is -0.842. The topological polar surface area (TPSA) is 79.3 Å². The van der Waals surface area contributed by atoms with E-state index in [1.807, 2.05) is 39.0 Å². The van der Waals surface area contributed by atoms with Gasteiger partial charge in [-0.25, -0.2) is 4.79 Å². The van der Waals surface area contributed by atoms with Crippen LogP contribution in [0, 0.1) is 5.92 Å². The number of hydrogen-bond acceptors (Lipinski definition) is 4. The largest absolute Gasteiger partial charge is 0.497 e. The number of benzene rings is 1. The Kier molecular flexibility index (Phi) is 6.24. The van der Waals surface area contributed by atoms with Crippen LogP contribution in [0.5, 0.6) is 11.5 Å². The van der Waals surface area contributed by atoms with E-state index in [9.17, 15) is 14.7 Å². The number of anilines is 1. The molecule has 1 saturated carbocycles. The Labute approximate surface area is 172 Å². The Morgan fingerprint density at radius 3 is 2.55 bits per heavy atom. The average Bonchev–Trinajstić information content (AvgIpc) is 2.66. The quantitative estimate of drug-likeness (QED) is 0.798. The molecule has 0 atom stereocenters. The Hall–Kier alpha value is -2.44. The number of hydrogen-bond donors (Lipinski definition) is 1. The molecule has 3 rings (SSSR count). The molecule has 1 fully saturated rings. The van der Waals surface area contributed by atoms with Gasteiger partial charge in [-0.3, -0.25) is 4.79 Å². The second-order valence-electron chi connectivity index (χ2n) is 8.95. The van der Waals surface area contributed by atoms with Crippen molar-refractivity contribution in [1.29, 1.82) is 0 Å². The summed E-state index contributed by atoms with van der Waals surface area (Å²) in [7, 11) is 1.61. The molecule has 0 bridgehead atoms. The lowest BCUT2D eigenvalue weighted by atomic mass is 9.82. The van der Waals surface area contributed by atoms with Gasteiger partial charge in [0.25, 0.3) is 5.91 Å². The summed E-state index contributed by atoms with van der Waals surface area (Å²) in [5.74, 6) is 1.86. The summed E-state index contributed by atoms with van der Waals surface area (Å²) in [4.78, 5) is 27.6. The highest BCUT2D eigenvalue weighted by atomic mass is 16.5. The van der Waals surface area contributed by atoms with E-state index in [-0.39, 0.29) is 18.6 Å². The van der Waals surface area contributed by atoms with Crippen molar-refractivity contribution in [3.63, 3.8) is 0 Å². The second kappa shape index (κ2) is 8.51. The smallest absolute Gasteiger partial charge is 0.407 e. The predicted molar refractivity (Wildman–Crippen MR) is 111 cm³/mol. The molecule has 2 amide bonds. The van der Waals surface area contributed by atoms with Crippen LogP contribution in [-0.4, -0.2) is 53.8 Å². The predicted octanol–water partition coefficient (Wildman–Crippen LogP) is 4.15. The SMILES string of the molecule is COc1ccc2c(c1)N(CC[C@H]1CC[C@H](N(C(=O)O)C(C)(C)C)CC1)C(=O)CO2. The van der Waals surface area contributed by atoms with Crippen molar-refractivity contribution in [3.05, 3.63) is 18.2 Å². The fraction of sp³-hybridized carbons (Fsp3) is 0.636. The number of amides is 2. The number of methoxy groups -OCH3 is 1. The zero-order valence-corrected chi connectivity index (χ0v) is 17.8. The van der Waals surface area contributed by atoms with Gasteiger partial charge in [-0.05, 0) is 70.9 Å². The molecule has 7 nitrogen and oxygen atoms in total. The summed E-state index contributed by atoms with van der Waals surface area (Å²) in [6, 6.07) is 5.58. The summed E-state index contributed by atoms with van der Waals surface area (Å²) < 4.78 is 10.8. The highest BCUT2D eigenvalue weighted by Gasteiger charge is 2.36. The summed E-state index contributed by atoms with van der Waals surface area (Å²) in [5.41, 5.74) is 0.367. The fourth-order valence-electron chi connectivity index (χ4n) is 4.55. The lowest BCUT2D eigenvalue weighted by molar-refractivity contribution is -0.121. The normalized spacial score (nSPS) is 21.9. The zero-order valence-electron chi connectivity index (χ0n) is 17.8. The van der Waals surface area contributed by atoms with Crippen LogP contribution < -0.4 is 14.4 Å². The number of carbonyl (C=O) groups excluding carboxylic acids is 1. The van der Waals surface area contributed by atoms with Gasteiger partial charge in [-0.15, -0.1) is 0 Å². The van der Waals surface area contributed by atoms with Gasteiger partial charge in [0, 0.05) is 24.2 Å². The molecule has 2 aliphatic rings. The maximum Gasteiger partial charge on any atom is 0.407 e. The number of ether oxygens (including phenoxy) is 2. The molecule has 1 aliphatic heterocycles. The first-order valence-electron chi connectivity index (χ1n) is 10.3. The van der Waals surface area contributed by atoms with Gasteiger partial charge in [-0.1, -0.05) is 0 Å². The minimum Gasteiger partial charge on any atom is -0.497 e. The Balaban J connectivity index is 1.60. The number of nitrogens with zero attached hydrogens (tertiary/aromatic N) is 2. The van der Waals surface area contributed by atoms with Crippen molar-refractivity contribution < 1.29 is 24.2 Å². The molecule has 0 spiro atoms. The maximum atomic E-state index is 12.4. The summed E-state index contributed by atoms with van der Waals surface area (Å²) in [5, 5.41) is 9.63. The molecule has 1 N–H and O–H groups in total. The Morgan fingerprint density at radius 2 is 1.97 bits per heavy atom. The second-order valence-corrected chi connectivity index (χ2v) is 8.95. The summed E-state index contributed by atoms with van der Waals surface area (Å²) in [6.45, 7) is 6.54. The van der Waals surface area contributed by atoms with E-state index in [1.54, 1.807) is 16.9 Å². The molecular formula is C22H32N2O5. The molecule has 7 heteroatoms. The zero-order chi connectivity index (χ0) is 21.2. The van der Waals surface area contributed by atoms with E-state index < -0.39 is 11.6 Å². The van der Waals surface area contributed by atoms with Crippen LogP contribution in [0.15, 0.2) is 18.2 Å². The van der Waals surface area contributed by atoms with Gasteiger partial charge in [0.05, 0.1) is 12.8 Å². The highest BCUT2D eigenvalue weighted by molar-refractivity contribution is 5.98. The van der Waals surface area contributed by atoms with Gasteiger partial charge >= 0.3 is 6.09 Å². The van der Waals surface area contributed by atoms with Crippen LogP contribution in [0.4, 0.5) is 10.5 Å². The molecule has 1 aromatic carbocycles. The molecule has 0 radical (unpaired) electrons. The maximum absolute atomic E-state index is 12.4. The van der Waals surface area contributed by atoms with E-state index in [4.69, 9.17) is 9.47 Å². The van der Waals surface area contributed by atoms with E-state index in [0.29, 0.717) is 24.0 Å². The van der Waals surface area contributed by atoms with Crippen LogP contribution in [0.3, 0.4) is 0 Å². The van der Waals surface area contributed by atoms with Crippen molar-refractivity contribution in [1.82, 2.24) is 4.90 Å². The molecule has 1 aromatic rings. The van der Waals surface area contributed by atoms with E-state index in [0.717, 1.165) is 37.8 Å². The molecule has 160 valence electrons. The van der Waals surface area contributed by atoms with Crippen molar-refractivity contribution in [3.8, 4) is 11.5 Å². The Morgan fingerprint density at radius 1 is 1.28 bits per heavy atom. The number of fused-ring (bicyclic) bond motifs is 1. The lowest BCUT2D eigenvalue weighted by Gasteiger charge is -2.43. The van der Waals surface area contributed by atoms with Crippen molar-refractivity contribution in [2.45, 2.75) is 64.5 Å². The molecule has 0 aromatic heterocycles. The first kappa shape index (κ1) is 21.3. The van der Waals surface area contributed by atoms with Crippen LogP contribution in [0.2, 0.25) is 0 Å². The first-order chi connectivity index (χ1) is 13.7. The average molecular weight is 405 g/mol. The summed E-state index contributed by atoms with van der Waals surface area (Å²) in [6.07, 6.45) is 3.76. The van der Waals surface area contributed by atoms with Crippen LogP contribution in [-0.2, 0) is 4.79 Å². The molecule has 0 unspecified atom stereocenters. The number of carboxylic acid groups (broad SMARTS) is 1. The van der Waals surface area contributed by atoms with Gasteiger partial charge in [0.15, 0.2) is 6.61 Å². The molecule has 0 saturated heterocycles. The third-order valence-corrected chi connectivity index (χ3v) is 5.98. The van der Waals surface area contributed by atoms with Gasteiger partial charge in [0.2, 0.25) is 0 Å². The third kappa shape index (κ3) is 4.77. The van der Waals surface area contributed by atoms with E-state index >= 15 is 0 Å². The highest BCUT2D eigenvalue weighted by Crippen LogP contribution is 2.37. The molecule has 1 heterocycles. The van der Waals surface area contributed by atoms with Gasteiger partial charge in [-0.2, -0.15) is 0 Å². The minimum absolute atomic E-state index is 0.0378. The van der Waals surface area contributed by atoms with Crippen LogP contribution in [0.1, 0.15) is 52.9 Å². The molecule has 1 aliphatic carbocycles. The lowest BCUT2D eigenvalue weighted by Crippen LogP contribution is -2.52. The Bertz CT molecular complexity index is 750. The van der Waals surface area contributed by atoms with Crippen LogP contribution in [0.25, 0.3) is 0 Å². The van der Waals surface area contributed by atoms with Crippen LogP contribution >= 0.6 is 0 Å². The number of carbonyl (C=O) groups is 2. The summed E-state index contributed by atoms with van der Waals surface area (Å²) >= 11 is 0. The van der Waals surface area contributed by atoms with Gasteiger partial charge in [0.1, 0.15) is 11.5 Å². The van der Waals surface area contributed by atoms with Crippen molar-refractivity contribution >= 4 is 17.7 Å². The van der Waals surface area contributed by atoms with Crippen molar-refractivity contribution in [2.75, 3.05) is 25.2 Å². The molecular weight excluding hydrogens is 372 g/mol. The number of rotatable bonds is 5. The van der Waals surface area contributed by atoms with Gasteiger partial charge < -0.3 is 24.4 Å². The van der Waals surface area contributed by atoms with E-state index in [2.05, 4.69) is 0 Å². The van der Waals surface area contributed by atoms with E-state index in [1.165, 1.54) is 0 Å². The standard InChI is InChI=1S/C22H32N2O5/c1-22(2,3)24(21(26)27)16-7-5-15(6-8-16)11-12-23-18-13-17(28-4)9-10-19(18)29-14-20(23)25/h9-10,13,15-16H,5-8,11-12,14H2,1-4H3,(H,26,27)/t15-,16-. The third-order valence-electron chi connectivity index (χ3n) is 5.98. The fourth-order valence-corrected chi connectivity index (χ4v) is 4.55. The molecule has 29 heavy (non-hydrogen) atoms.